The van der Waals surface area contributed by atoms with Crippen LogP contribution in [0.2, 0.25) is 0 Å². The normalized spacial score (nSPS) is 22.5. The van der Waals surface area contributed by atoms with Crippen LogP contribution in [0.4, 0.5) is 4.79 Å². The Hall–Kier alpha value is -2.61. The van der Waals surface area contributed by atoms with Gasteiger partial charge in [-0.1, -0.05) is 57.5 Å². The fourth-order valence-electron chi connectivity index (χ4n) is 4.32. The first kappa shape index (κ1) is 22.1. The van der Waals surface area contributed by atoms with Crippen molar-refractivity contribution in [1.29, 1.82) is 0 Å². The monoisotopic (exact) mass is 415 g/mol. The van der Waals surface area contributed by atoms with Crippen LogP contribution < -0.4 is 5.32 Å². The van der Waals surface area contributed by atoms with Crippen molar-refractivity contribution in [1.82, 2.24) is 25.1 Å². The Morgan fingerprint density at radius 2 is 1.90 bits per heavy atom. The highest BCUT2D eigenvalue weighted by Crippen LogP contribution is 2.28. The molecule has 0 radical (unpaired) electrons. The Morgan fingerprint density at radius 1 is 1.20 bits per heavy atom. The van der Waals surface area contributed by atoms with Crippen LogP contribution in [0.15, 0.2) is 30.3 Å². The number of hydrazine groups is 1. The number of urea groups is 1. The second-order valence-corrected chi connectivity index (χ2v) is 8.53. The van der Waals surface area contributed by atoms with E-state index in [1.54, 1.807) is 22.0 Å². The molecule has 1 aromatic rings. The van der Waals surface area contributed by atoms with E-state index in [1.165, 1.54) is 0 Å². The second-order valence-electron chi connectivity index (χ2n) is 8.53. The molecule has 0 aromatic heterocycles. The zero-order chi connectivity index (χ0) is 21.8. The van der Waals surface area contributed by atoms with E-state index in [1.807, 2.05) is 42.2 Å². The summed E-state index contributed by atoms with van der Waals surface area (Å²) in [5, 5.41) is 6.23. The van der Waals surface area contributed by atoms with Crippen LogP contribution in [-0.2, 0) is 16.1 Å². The quantitative estimate of drug-likeness (QED) is 0.770. The maximum Gasteiger partial charge on any atom is 0.334 e. The van der Waals surface area contributed by atoms with E-state index in [0.29, 0.717) is 32.0 Å². The third-order valence-electron chi connectivity index (χ3n) is 5.58. The third-order valence-corrected chi connectivity index (χ3v) is 5.58. The van der Waals surface area contributed by atoms with Crippen molar-refractivity contribution in [2.75, 3.05) is 26.7 Å². The van der Waals surface area contributed by atoms with Gasteiger partial charge in [0.25, 0.3) is 0 Å². The molecule has 0 aliphatic carbocycles. The van der Waals surface area contributed by atoms with Crippen molar-refractivity contribution in [3.63, 3.8) is 0 Å². The highest BCUT2D eigenvalue weighted by atomic mass is 16.2. The first-order valence-corrected chi connectivity index (χ1v) is 10.8. The van der Waals surface area contributed by atoms with Crippen molar-refractivity contribution in [3.05, 3.63) is 35.9 Å². The zero-order valence-corrected chi connectivity index (χ0v) is 18.4. The minimum atomic E-state index is -0.516. The molecular formula is C22H33N5O3. The fraction of sp³-hybridized carbons (Fsp3) is 0.591. The molecule has 2 aliphatic heterocycles. The summed E-state index contributed by atoms with van der Waals surface area (Å²) >= 11 is 0. The Balaban J connectivity index is 1.84. The van der Waals surface area contributed by atoms with E-state index in [0.717, 1.165) is 12.0 Å². The standard InChI is InChI=1S/C22H33N5O3/c1-5-9-18-21(29)25(13-16(2)3)14-19-26(18)20(28)15-24(4)27(19)22(30)23-12-17-10-7-6-8-11-17/h6-8,10-11,16,18-19H,5,9,12-15H2,1-4H3,(H,23,30)/t18-,19?/m0/s1. The molecule has 0 spiro atoms. The van der Waals surface area contributed by atoms with Gasteiger partial charge in [0.2, 0.25) is 11.8 Å². The molecule has 3 rings (SSSR count). The number of hydrogen-bond acceptors (Lipinski definition) is 4. The van der Waals surface area contributed by atoms with Crippen molar-refractivity contribution < 1.29 is 14.4 Å². The Bertz CT molecular complexity index is 769. The number of rotatable bonds is 6. The number of likely N-dealkylation sites (N-methyl/N-ethyl adjacent to an activating group) is 1. The van der Waals surface area contributed by atoms with Crippen LogP contribution in [-0.4, -0.2) is 76.6 Å². The SMILES string of the molecule is CCC[C@H]1C(=O)N(CC(C)C)CC2N1C(=O)CN(C)N2C(=O)NCc1ccccc1. The van der Waals surface area contributed by atoms with Gasteiger partial charge >= 0.3 is 6.03 Å². The van der Waals surface area contributed by atoms with Gasteiger partial charge in [0.05, 0.1) is 13.1 Å². The van der Waals surface area contributed by atoms with Crippen LogP contribution in [0, 0.1) is 5.92 Å². The summed E-state index contributed by atoms with van der Waals surface area (Å²) in [6.07, 6.45) is 0.886. The van der Waals surface area contributed by atoms with Crippen LogP contribution in [0.5, 0.6) is 0 Å². The summed E-state index contributed by atoms with van der Waals surface area (Å²) < 4.78 is 0. The summed E-state index contributed by atoms with van der Waals surface area (Å²) in [6, 6.07) is 8.93. The van der Waals surface area contributed by atoms with E-state index in [2.05, 4.69) is 19.2 Å². The van der Waals surface area contributed by atoms with Crippen molar-refractivity contribution in [3.8, 4) is 0 Å². The minimum absolute atomic E-state index is 0.00986. The molecule has 2 atom stereocenters. The number of amides is 4. The number of nitrogens with one attached hydrogen (secondary N) is 1. The van der Waals surface area contributed by atoms with E-state index >= 15 is 0 Å². The fourth-order valence-corrected chi connectivity index (χ4v) is 4.32. The molecule has 2 saturated heterocycles. The molecule has 0 bridgehead atoms. The van der Waals surface area contributed by atoms with Crippen LogP contribution in [0.1, 0.15) is 39.2 Å². The number of benzene rings is 1. The summed E-state index contributed by atoms with van der Waals surface area (Å²) in [7, 11) is 1.75. The van der Waals surface area contributed by atoms with E-state index in [-0.39, 0.29) is 24.4 Å². The van der Waals surface area contributed by atoms with E-state index in [4.69, 9.17) is 0 Å². The molecule has 1 unspecified atom stereocenters. The molecule has 2 fully saturated rings. The summed E-state index contributed by atoms with van der Waals surface area (Å²) in [5.41, 5.74) is 1.00. The first-order chi connectivity index (χ1) is 14.3. The van der Waals surface area contributed by atoms with Gasteiger partial charge in [-0.25, -0.2) is 14.8 Å². The molecule has 2 heterocycles. The topological polar surface area (TPSA) is 76.2 Å². The lowest BCUT2D eigenvalue weighted by Crippen LogP contribution is -2.76. The summed E-state index contributed by atoms with van der Waals surface area (Å²) in [5.74, 6) is 0.190. The van der Waals surface area contributed by atoms with Crippen LogP contribution >= 0.6 is 0 Å². The van der Waals surface area contributed by atoms with Gasteiger partial charge < -0.3 is 15.1 Å². The molecule has 1 aromatic carbocycles. The average molecular weight is 416 g/mol. The Labute approximate surface area is 178 Å². The number of fused-ring (bicyclic) bond motifs is 1. The predicted molar refractivity (Wildman–Crippen MR) is 114 cm³/mol. The maximum absolute atomic E-state index is 13.2. The molecule has 2 aliphatic rings. The lowest BCUT2D eigenvalue weighted by molar-refractivity contribution is -0.187. The maximum atomic E-state index is 13.2. The van der Waals surface area contributed by atoms with E-state index in [9.17, 15) is 14.4 Å². The van der Waals surface area contributed by atoms with Crippen molar-refractivity contribution in [2.24, 2.45) is 5.92 Å². The molecule has 30 heavy (non-hydrogen) atoms. The number of piperazine rings is 1. The smallest absolute Gasteiger partial charge is 0.334 e. The van der Waals surface area contributed by atoms with Gasteiger partial charge in [-0.3, -0.25) is 9.59 Å². The molecule has 1 N–H and O–H groups in total. The zero-order valence-electron chi connectivity index (χ0n) is 18.4. The second kappa shape index (κ2) is 9.47. The van der Waals surface area contributed by atoms with Gasteiger partial charge in [-0.05, 0) is 17.9 Å². The summed E-state index contributed by atoms with van der Waals surface area (Å²) in [4.78, 5) is 42.6. The van der Waals surface area contributed by atoms with Gasteiger partial charge in [0.15, 0.2) is 0 Å². The average Bonchev–Trinajstić information content (AvgIpc) is 2.70. The van der Waals surface area contributed by atoms with Gasteiger partial charge in [-0.2, -0.15) is 0 Å². The molecule has 4 amide bonds. The number of nitrogens with zero attached hydrogens (tertiary/aromatic N) is 4. The van der Waals surface area contributed by atoms with Gasteiger partial charge in [0.1, 0.15) is 12.2 Å². The Morgan fingerprint density at radius 3 is 2.53 bits per heavy atom. The number of carbonyl (C=O) groups excluding carboxylic acids is 3. The molecule has 8 nitrogen and oxygen atoms in total. The number of hydrogen-bond donors (Lipinski definition) is 1. The molecule has 8 heteroatoms. The van der Waals surface area contributed by atoms with E-state index < -0.39 is 12.2 Å². The third kappa shape index (κ3) is 4.59. The predicted octanol–water partition coefficient (Wildman–Crippen LogP) is 1.88. The van der Waals surface area contributed by atoms with Crippen molar-refractivity contribution in [2.45, 2.75) is 52.4 Å². The van der Waals surface area contributed by atoms with Gasteiger partial charge in [-0.15, -0.1) is 0 Å². The van der Waals surface area contributed by atoms with Crippen molar-refractivity contribution >= 4 is 17.8 Å². The van der Waals surface area contributed by atoms with Crippen LogP contribution in [0.25, 0.3) is 0 Å². The molecular weight excluding hydrogens is 382 g/mol. The Kier molecular flexibility index (Phi) is 6.97. The first-order valence-electron chi connectivity index (χ1n) is 10.8. The molecule has 164 valence electrons. The lowest BCUT2D eigenvalue weighted by atomic mass is 10.0. The molecule has 0 saturated carbocycles. The van der Waals surface area contributed by atoms with Crippen LogP contribution in [0.3, 0.4) is 0 Å². The highest BCUT2D eigenvalue weighted by molar-refractivity contribution is 5.91. The summed E-state index contributed by atoms with van der Waals surface area (Å²) in [6.45, 7) is 7.56. The largest absolute Gasteiger partial charge is 0.337 e. The minimum Gasteiger partial charge on any atom is -0.337 e. The lowest BCUT2D eigenvalue weighted by Gasteiger charge is -2.54. The highest BCUT2D eigenvalue weighted by Gasteiger charge is 2.50. The number of carbonyl (C=O) groups is 3. The van der Waals surface area contributed by atoms with Gasteiger partial charge in [0, 0.05) is 20.1 Å².